The molecule has 4 aromatic rings. The molecule has 0 aliphatic carbocycles. The zero-order valence-electron chi connectivity index (χ0n) is 34.5. The van der Waals surface area contributed by atoms with Gasteiger partial charge in [0.2, 0.25) is 17.7 Å². The van der Waals surface area contributed by atoms with Gasteiger partial charge in [0, 0.05) is 54.9 Å². The van der Waals surface area contributed by atoms with Gasteiger partial charge in [-0.2, -0.15) is 5.10 Å². The molecular formula is C44H50N8O10. The second-order valence-corrected chi connectivity index (χ2v) is 15.0. The summed E-state index contributed by atoms with van der Waals surface area (Å²) < 4.78 is 18.1. The van der Waals surface area contributed by atoms with Crippen LogP contribution in [0.4, 0.5) is 10.5 Å². The number of primary amides is 1. The van der Waals surface area contributed by atoms with Crippen LogP contribution in [0.3, 0.4) is 0 Å². The lowest BCUT2D eigenvalue weighted by atomic mass is 9.91. The Morgan fingerprint density at radius 2 is 1.53 bits per heavy atom. The number of nitrogens with two attached hydrogens (primary N) is 1. The lowest BCUT2D eigenvalue weighted by molar-refractivity contribution is -0.137. The average molecular weight is 851 g/mol. The first-order chi connectivity index (χ1) is 29.9. The number of imide groups is 1. The zero-order valence-corrected chi connectivity index (χ0v) is 34.5. The fourth-order valence-corrected chi connectivity index (χ4v) is 6.94. The first-order valence-corrected chi connectivity index (χ1v) is 20.3. The summed E-state index contributed by atoms with van der Waals surface area (Å²) in [7, 11) is 0. The van der Waals surface area contributed by atoms with Crippen molar-refractivity contribution in [2.24, 2.45) is 5.73 Å². The van der Waals surface area contributed by atoms with Crippen LogP contribution in [-0.2, 0) is 44.8 Å². The van der Waals surface area contributed by atoms with Gasteiger partial charge in [0.15, 0.2) is 0 Å². The molecule has 0 saturated carbocycles. The molecule has 1 fully saturated rings. The molecule has 1 saturated heterocycles. The number of nitrogens with zero attached hydrogens (tertiary/aromatic N) is 4. The zero-order chi connectivity index (χ0) is 44.2. The number of likely N-dealkylation sites (tertiary alicyclic amines) is 1. The summed E-state index contributed by atoms with van der Waals surface area (Å²) in [6.07, 6.45) is 5.60. The van der Waals surface area contributed by atoms with Gasteiger partial charge < -0.3 is 40.8 Å². The van der Waals surface area contributed by atoms with Crippen molar-refractivity contribution in [2.45, 2.75) is 57.7 Å². The number of piperidine rings is 1. The summed E-state index contributed by atoms with van der Waals surface area (Å²) in [5.41, 5.74) is 9.57. The van der Waals surface area contributed by atoms with E-state index in [2.05, 4.69) is 21.0 Å². The van der Waals surface area contributed by atoms with Crippen molar-refractivity contribution < 1.29 is 47.8 Å². The van der Waals surface area contributed by atoms with E-state index in [4.69, 9.17) is 19.9 Å². The highest BCUT2D eigenvalue weighted by Gasteiger charge is 2.27. The van der Waals surface area contributed by atoms with Gasteiger partial charge >= 0.3 is 6.09 Å². The SMILES string of the molecule is C[C@H](NC(=O)CCOCCOCCN1C(=O)C=CC1=O)C(=O)N[C@@H](C)C(=O)Nc1ccc(COC(=O)N2CCC[C@@H](c3ccc(-n4cc5cccc(C(N)=O)c5n4)cc3)C2)cc1. The fourth-order valence-electron chi connectivity index (χ4n) is 6.94. The highest BCUT2D eigenvalue weighted by Crippen LogP contribution is 2.29. The van der Waals surface area contributed by atoms with E-state index in [-0.39, 0.29) is 63.7 Å². The molecule has 1 aromatic heterocycles. The van der Waals surface area contributed by atoms with Crippen LogP contribution in [0.15, 0.2) is 85.1 Å². The maximum atomic E-state index is 13.1. The number of carbonyl (C=O) groups excluding carboxylic acids is 7. The summed E-state index contributed by atoms with van der Waals surface area (Å²) in [5, 5.41) is 13.3. The molecule has 6 rings (SSSR count). The van der Waals surface area contributed by atoms with E-state index in [1.807, 2.05) is 36.5 Å². The van der Waals surface area contributed by atoms with Crippen molar-refractivity contribution in [3.63, 3.8) is 0 Å². The van der Waals surface area contributed by atoms with Gasteiger partial charge in [-0.25, -0.2) is 9.48 Å². The fraction of sp³-hybridized carbons (Fsp3) is 0.364. The highest BCUT2D eigenvalue weighted by molar-refractivity contribution is 6.12. The van der Waals surface area contributed by atoms with Gasteiger partial charge in [-0.05, 0) is 68.1 Å². The molecule has 3 aromatic carbocycles. The van der Waals surface area contributed by atoms with Crippen LogP contribution < -0.4 is 21.7 Å². The van der Waals surface area contributed by atoms with E-state index in [1.54, 1.807) is 46.0 Å². The van der Waals surface area contributed by atoms with Crippen LogP contribution >= 0.6 is 0 Å². The number of fused-ring (bicyclic) bond motifs is 1. The van der Waals surface area contributed by atoms with Crippen LogP contribution in [0.5, 0.6) is 0 Å². The lowest BCUT2D eigenvalue weighted by Crippen LogP contribution is -2.50. The van der Waals surface area contributed by atoms with Crippen LogP contribution in [0.2, 0.25) is 0 Å². The van der Waals surface area contributed by atoms with Gasteiger partial charge in [-0.1, -0.05) is 36.4 Å². The van der Waals surface area contributed by atoms with Crippen LogP contribution in [0.25, 0.3) is 16.6 Å². The molecule has 2 aliphatic rings. The summed E-state index contributed by atoms with van der Waals surface area (Å²) in [6.45, 7) is 4.96. The van der Waals surface area contributed by atoms with Crippen molar-refractivity contribution in [1.82, 2.24) is 30.2 Å². The van der Waals surface area contributed by atoms with E-state index < -0.39 is 41.8 Å². The van der Waals surface area contributed by atoms with E-state index in [9.17, 15) is 33.6 Å². The third-order valence-electron chi connectivity index (χ3n) is 10.4. The van der Waals surface area contributed by atoms with Crippen molar-refractivity contribution in [1.29, 1.82) is 0 Å². The summed E-state index contributed by atoms with van der Waals surface area (Å²) in [5.74, 6) is -2.58. The predicted octanol–water partition coefficient (Wildman–Crippen LogP) is 2.94. The van der Waals surface area contributed by atoms with Gasteiger partial charge in [0.1, 0.15) is 24.2 Å². The minimum atomic E-state index is -0.912. The number of hydrogen-bond acceptors (Lipinski definition) is 11. The quantitative estimate of drug-likeness (QED) is 0.0791. The first kappa shape index (κ1) is 44.6. The maximum Gasteiger partial charge on any atom is 0.410 e. The number of anilines is 1. The van der Waals surface area contributed by atoms with Crippen molar-refractivity contribution >= 4 is 58.1 Å². The molecule has 3 atom stereocenters. The number of amides is 7. The number of hydrogen-bond donors (Lipinski definition) is 4. The van der Waals surface area contributed by atoms with Crippen molar-refractivity contribution in [3.05, 3.63) is 102 Å². The lowest BCUT2D eigenvalue weighted by Gasteiger charge is -2.32. The van der Waals surface area contributed by atoms with E-state index in [0.29, 0.717) is 29.9 Å². The Bertz CT molecular complexity index is 2290. The number of benzene rings is 3. The molecule has 7 amide bonds. The van der Waals surface area contributed by atoms with Gasteiger partial charge in [-0.3, -0.25) is 33.7 Å². The number of rotatable bonds is 19. The largest absolute Gasteiger partial charge is 0.445 e. The molecule has 326 valence electrons. The monoisotopic (exact) mass is 850 g/mol. The van der Waals surface area contributed by atoms with Crippen molar-refractivity contribution in [2.75, 3.05) is 51.4 Å². The molecular weight excluding hydrogens is 801 g/mol. The van der Waals surface area contributed by atoms with Crippen LogP contribution in [-0.4, -0.2) is 119 Å². The number of carbonyl (C=O) groups is 7. The maximum absolute atomic E-state index is 13.1. The van der Waals surface area contributed by atoms with Gasteiger partial charge in [-0.15, -0.1) is 0 Å². The third kappa shape index (κ3) is 11.9. The summed E-state index contributed by atoms with van der Waals surface area (Å²) >= 11 is 0. The molecule has 0 radical (unpaired) electrons. The third-order valence-corrected chi connectivity index (χ3v) is 10.4. The standard InChI is InChI=1S/C44H50N8O10/c1-28(46-37(53)18-21-60-23-24-61-22-20-51-38(54)16-17-39(51)55)42(57)47-29(2)43(58)48-34-12-8-30(9-13-34)27-62-44(59)50-19-4-6-32(25-50)31-10-14-35(15-11-31)52-26-33-5-3-7-36(41(45)56)40(33)49-52/h3,5,7-17,26,28-29,32H,4,6,18-25,27H2,1-2H3,(H2,45,56)(H,46,53)(H,47,57)(H,48,58)/t28-,29-,32+/m0/s1. The molecule has 3 heterocycles. The Labute approximate surface area is 357 Å². The van der Waals surface area contributed by atoms with Crippen LogP contribution in [0.1, 0.15) is 60.5 Å². The number of aromatic nitrogens is 2. The van der Waals surface area contributed by atoms with E-state index >= 15 is 0 Å². The second kappa shape index (κ2) is 21.0. The predicted molar refractivity (Wildman–Crippen MR) is 226 cm³/mol. The Kier molecular flexibility index (Phi) is 15.2. The Morgan fingerprint density at radius 1 is 0.839 bits per heavy atom. The van der Waals surface area contributed by atoms with Crippen molar-refractivity contribution in [3.8, 4) is 5.69 Å². The normalized spacial score (nSPS) is 15.9. The second-order valence-electron chi connectivity index (χ2n) is 15.0. The smallest absolute Gasteiger partial charge is 0.410 e. The Balaban J connectivity index is 0.857. The minimum absolute atomic E-state index is 0.00366. The Morgan fingerprint density at radius 3 is 2.24 bits per heavy atom. The minimum Gasteiger partial charge on any atom is -0.445 e. The molecule has 18 nitrogen and oxygen atoms in total. The summed E-state index contributed by atoms with van der Waals surface area (Å²) in [6, 6.07) is 18.3. The molecule has 2 aliphatic heterocycles. The number of ether oxygens (including phenoxy) is 3. The topological polar surface area (TPSA) is 234 Å². The van der Waals surface area contributed by atoms with Crippen LogP contribution in [0, 0.1) is 0 Å². The molecule has 0 bridgehead atoms. The molecule has 0 unspecified atom stereocenters. The molecule has 0 spiro atoms. The molecule has 5 N–H and O–H groups in total. The van der Waals surface area contributed by atoms with E-state index in [1.165, 1.54) is 26.0 Å². The summed E-state index contributed by atoms with van der Waals surface area (Å²) in [4.78, 5) is 88.6. The Hall–Kier alpha value is -6.92. The average Bonchev–Trinajstić information content (AvgIpc) is 3.86. The molecule has 18 heteroatoms. The first-order valence-electron chi connectivity index (χ1n) is 20.3. The number of nitrogens with one attached hydrogen (secondary N) is 3. The highest BCUT2D eigenvalue weighted by atomic mass is 16.6. The van der Waals surface area contributed by atoms with E-state index in [0.717, 1.165) is 39.9 Å². The van der Waals surface area contributed by atoms with Gasteiger partial charge in [0.25, 0.3) is 17.7 Å². The van der Waals surface area contributed by atoms with Gasteiger partial charge in [0.05, 0.1) is 44.2 Å². The molecule has 62 heavy (non-hydrogen) atoms.